The first-order valence-corrected chi connectivity index (χ1v) is 11.8. The van der Waals surface area contributed by atoms with Crippen LogP contribution in [0.15, 0.2) is 67.0 Å². The largest absolute Gasteiger partial charge is 0.478 e. The van der Waals surface area contributed by atoms with Crippen LogP contribution in [0, 0.1) is 5.82 Å². The summed E-state index contributed by atoms with van der Waals surface area (Å²) in [5, 5.41) is 10.3. The maximum atomic E-state index is 14.5. The number of nitrogens with zero attached hydrogens (tertiary/aromatic N) is 5. The van der Waals surface area contributed by atoms with Crippen molar-refractivity contribution in [1.82, 2.24) is 19.4 Å². The highest BCUT2D eigenvalue weighted by atomic mass is 35.5. The van der Waals surface area contributed by atoms with E-state index < -0.39 is 11.8 Å². The molecule has 10 heteroatoms. The zero-order chi connectivity index (χ0) is 25.4. The van der Waals surface area contributed by atoms with Crippen LogP contribution in [0.3, 0.4) is 0 Å². The van der Waals surface area contributed by atoms with Crippen LogP contribution >= 0.6 is 12.4 Å². The lowest BCUT2D eigenvalue weighted by Crippen LogP contribution is -2.37. The van der Waals surface area contributed by atoms with Crippen molar-refractivity contribution in [2.75, 3.05) is 31.2 Å². The fourth-order valence-corrected chi connectivity index (χ4v) is 4.47. The number of halogens is 2. The number of para-hydroxylation sites is 1. The van der Waals surface area contributed by atoms with E-state index in [1.54, 1.807) is 12.3 Å². The number of anilines is 1. The molecular weight excluding hydrogens is 509 g/mol. The first-order valence-electron chi connectivity index (χ1n) is 11.8. The van der Waals surface area contributed by atoms with Crippen LogP contribution in [0.1, 0.15) is 21.7 Å². The molecule has 1 aliphatic rings. The van der Waals surface area contributed by atoms with Crippen LogP contribution in [-0.4, -0.2) is 56.7 Å². The number of fused-ring (bicyclic) bond motifs is 2. The van der Waals surface area contributed by atoms with Gasteiger partial charge in [0, 0.05) is 30.2 Å². The van der Waals surface area contributed by atoms with Crippen molar-refractivity contribution in [3.05, 3.63) is 89.8 Å². The molecule has 192 valence electrons. The Hall–Kier alpha value is -4.34. The van der Waals surface area contributed by atoms with Gasteiger partial charge < -0.3 is 14.7 Å². The molecule has 2 aromatic carbocycles. The van der Waals surface area contributed by atoms with Gasteiger partial charge in [0.2, 0.25) is 0 Å². The number of aromatic carboxylic acids is 1. The van der Waals surface area contributed by atoms with Crippen LogP contribution in [-0.2, 0) is 4.74 Å². The Balaban J connectivity index is 0.00000294. The molecule has 6 rings (SSSR count). The number of carboxylic acid groups (broad SMARTS) is 1. The molecule has 0 radical (unpaired) electrons. The molecule has 3 aromatic heterocycles. The lowest BCUT2D eigenvalue weighted by Gasteiger charge is -2.28. The molecule has 1 aliphatic heterocycles. The summed E-state index contributed by atoms with van der Waals surface area (Å²) >= 11 is 0. The van der Waals surface area contributed by atoms with Crippen LogP contribution in [0.2, 0.25) is 0 Å². The number of aromatic nitrogens is 4. The van der Waals surface area contributed by atoms with Gasteiger partial charge >= 0.3 is 5.97 Å². The number of benzene rings is 2. The first kappa shape index (κ1) is 25.3. The predicted octanol–water partition coefficient (Wildman–Crippen LogP) is 5.21. The van der Waals surface area contributed by atoms with Crippen LogP contribution in [0.5, 0.6) is 0 Å². The van der Waals surface area contributed by atoms with Gasteiger partial charge in [-0.2, -0.15) is 0 Å². The van der Waals surface area contributed by atoms with Gasteiger partial charge in [0.1, 0.15) is 5.82 Å². The van der Waals surface area contributed by atoms with E-state index in [0.717, 1.165) is 16.6 Å². The van der Waals surface area contributed by atoms with E-state index in [2.05, 4.69) is 14.9 Å². The zero-order valence-corrected chi connectivity index (χ0v) is 20.9. The molecule has 0 unspecified atom stereocenters. The lowest BCUT2D eigenvalue weighted by atomic mass is 10.1. The molecule has 0 bridgehead atoms. The summed E-state index contributed by atoms with van der Waals surface area (Å²) in [6.45, 7) is 2.56. The van der Waals surface area contributed by atoms with Crippen molar-refractivity contribution in [1.29, 1.82) is 0 Å². The van der Waals surface area contributed by atoms with E-state index in [-0.39, 0.29) is 18.0 Å². The smallest absolute Gasteiger partial charge is 0.338 e. The number of hydrogen-bond acceptors (Lipinski definition) is 6. The minimum Gasteiger partial charge on any atom is -0.478 e. The third kappa shape index (κ3) is 4.81. The third-order valence-corrected chi connectivity index (χ3v) is 6.34. The highest BCUT2D eigenvalue weighted by molar-refractivity contribution is 5.89. The normalized spacial score (nSPS) is 13.8. The topological polar surface area (TPSA) is 92.8 Å². The summed E-state index contributed by atoms with van der Waals surface area (Å²) in [7, 11) is 0. The van der Waals surface area contributed by atoms with E-state index in [4.69, 9.17) is 9.72 Å². The van der Waals surface area contributed by atoms with Crippen molar-refractivity contribution in [2.24, 2.45) is 0 Å². The minimum absolute atomic E-state index is 0. The molecule has 0 saturated carbocycles. The van der Waals surface area contributed by atoms with Gasteiger partial charge in [-0.1, -0.05) is 30.3 Å². The Bertz CT molecular complexity index is 1680. The Morgan fingerprint density at radius 1 is 1.00 bits per heavy atom. The molecule has 0 spiro atoms. The molecular formula is C28H23ClFN5O3. The van der Waals surface area contributed by atoms with Crippen LogP contribution < -0.4 is 4.90 Å². The summed E-state index contributed by atoms with van der Waals surface area (Å²) in [6.07, 6.45) is 7.30. The van der Waals surface area contributed by atoms with Crippen LogP contribution in [0.25, 0.3) is 40.0 Å². The number of pyridine rings is 1. The van der Waals surface area contributed by atoms with Gasteiger partial charge in [-0.3, -0.25) is 4.40 Å². The standard InChI is InChI=1S/C28H22FN5O3.ClH/c29-23-15-19(6-10-22(23)28(35)36)25-16-30-26(33-11-13-37-14-12-33)27-32-21(17-34(25)27)9-8-20-7-5-18-3-1-2-4-24(18)31-20;/h1-10,15-17H,11-14H2,(H,35,36);1H/b9-8+;. The average molecular weight is 532 g/mol. The Kier molecular flexibility index (Phi) is 7.04. The van der Waals surface area contributed by atoms with Gasteiger partial charge in [-0.05, 0) is 36.4 Å². The summed E-state index contributed by atoms with van der Waals surface area (Å²) in [5.41, 5.74) is 3.72. The van der Waals surface area contributed by atoms with Gasteiger partial charge in [0.05, 0.1) is 47.6 Å². The first-order chi connectivity index (χ1) is 18.1. The number of ether oxygens (including phenoxy) is 1. The molecule has 38 heavy (non-hydrogen) atoms. The Morgan fingerprint density at radius 3 is 2.58 bits per heavy atom. The second-order valence-corrected chi connectivity index (χ2v) is 8.69. The highest BCUT2D eigenvalue weighted by Crippen LogP contribution is 2.28. The van der Waals surface area contributed by atoms with E-state index >= 15 is 0 Å². The van der Waals surface area contributed by atoms with Gasteiger partial charge in [-0.15, -0.1) is 12.4 Å². The molecule has 1 fully saturated rings. The van der Waals surface area contributed by atoms with Crippen molar-refractivity contribution in [3.8, 4) is 11.3 Å². The van der Waals surface area contributed by atoms with E-state index in [1.165, 1.54) is 12.1 Å². The molecule has 4 heterocycles. The van der Waals surface area contributed by atoms with E-state index in [1.807, 2.05) is 59.1 Å². The van der Waals surface area contributed by atoms with Crippen molar-refractivity contribution in [2.45, 2.75) is 0 Å². The molecule has 0 amide bonds. The van der Waals surface area contributed by atoms with E-state index in [9.17, 15) is 14.3 Å². The fourth-order valence-electron chi connectivity index (χ4n) is 4.47. The molecule has 5 aromatic rings. The monoisotopic (exact) mass is 531 g/mol. The Morgan fingerprint density at radius 2 is 1.79 bits per heavy atom. The number of hydrogen-bond donors (Lipinski definition) is 1. The number of carboxylic acids is 1. The average Bonchev–Trinajstić information content (AvgIpc) is 3.36. The predicted molar refractivity (Wildman–Crippen MR) is 146 cm³/mol. The summed E-state index contributed by atoms with van der Waals surface area (Å²) in [5.74, 6) is -1.41. The second kappa shape index (κ2) is 10.6. The maximum Gasteiger partial charge on any atom is 0.338 e. The third-order valence-electron chi connectivity index (χ3n) is 6.34. The van der Waals surface area contributed by atoms with E-state index in [0.29, 0.717) is 54.7 Å². The molecule has 0 atom stereocenters. The Labute approximate surface area is 223 Å². The van der Waals surface area contributed by atoms with Crippen molar-refractivity contribution >= 4 is 52.9 Å². The highest BCUT2D eigenvalue weighted by Gasteiger charge is 2.20. The second-order valence-electron chi connectivity index (χ2n) is 8.69. The summed E-state index contributed by atoms with van der Waals surface area (Å²) < 4.78 is 21.9. The number of morpholine rings is 1. The maximum absolute atomic E-state index is 14.5. The quantitative estimate of drug-likeness (QED) is 0.333. The summed E-state index contributed by atoms with van der Waals surface area (Å²) in [6, 6.07) is 16.0. The van der Waals surface area contributed by atoms with Gasteiger partial charge in [-0.25, -0.2) is 24.1 Å². The lowest BCUT2D eigenvalue weighted by molar-refractivity contribution is 0.0692. The van der Waals surface area contributed by atoms with Gasteiger partial charge in [0.15, 0.2) is 11.5 Å². The molecule has 0 aliphatic carbocycles. The minimum atomic E-state index is -1.31. The van der Waals surface area contributed by atoms with Crippen molar-refractivity contribution < 1.29 is 19.0 Å². The SMILES string of the molecule is Cl.O=C(O)c1ccc(-c2cnc(N3CCOCC3)c3nc(/C=C/c4ccc5ccccc5n4)cn23)cc1F. The molecule has 8 nitrogen and oxygen atoms in total. The number of rotatable bonds is 5. The summed E-state index contributed by atoms with van der Waals surface area (Å²) in [4.78, 5) is 27.6. The van der Waals surface area contributed by atoms with Crippen molar-refractivity contribution in [3.63, 3.8) is 0 Å². The molecule has 1 saturated heterocycles. The number of imidazole rings is 1. The van der Waals surface area contributed by atoms with Crippen LogP contribution in [0.4, 0.5) is 10.2 Å². The number of carbonyl (C=O) groups is 1. The molecule has 1 N–H and O–H groups in total. The zero-order valence-electron chi connectivity index (χ0n) is 20.1. The van der Waals surface area contributed by atoms with Gasteiger partial charge in [0.25, 0.3) is 0 Å². The fraction of sp³-hybridized carbons (Fsp3) is 0.143.